The summed E-state index contributed by atoms with van der Waals surface area (Å²) < 4.78 is 14.1. The average molecular weight is 375 g/mol. The first-order valence-corrected chi connectivity index (χ1v) is 6.40. The Kier molecular flexibility index (Phi) is 4.03. The number of hydrogen-bond donors (Lipinski definition) is 1. The van der Waals surface area contributed by atoms with E-state index in [2.05, 4.69) is 47.4 Å². The Labute approximate surface area is 119 Å². The molecule has 0 saturated carbocycles. The van der Waals surface area contributed by atoms with Gasteiger partial charge in [-0.3, -0.25) is 4.79 Å². The molecule has 0 fully saturated rings. The third-order valence-corrected chi connectivity index (χ3v) is 3.12. The number of benzene rings is 1. The molecular weight excluding hydrogens is 369 g/mol. The monoisotopic (exact) mass is 373 g/mol. The lowest BCUT2D eigenvalue weighted by Gasteiger charge is -2.04. The zero-order valence-electron chi connectivity index (χ0n) is 8.82. The second-order valence-electron chi connectivity index (χ2n) is 3.32. The Balaban J connectivity index is 2.16. The zero-order chi connectivity index (χ0) is 13.1. The molecule has 0 bridgehead atoms. The van der Waals surface area contributed by atoms with Gasteiger partial charge in [-0.2, -0.15) is 0 Å². The van der Waals surface area contributed by atoms with Crippen molar-refractivity contribution in [3.05, 3.63) is 50.8 Å². The number of anilines is 1. The predicted molar refractivity (Wildman–Crippen MR) is 71.8 cm³/mol. The molecule has 1 aromatic carbocycles. The highest BCUT2D eigenvalue weighted by atomic mass is 79.9. The summed E-state index contributed by atoms with van der Waals surface area (Å²) in [5.41, 5.74) is 0.209. The minimum absolute atomic E-state index is 0.209. The van der Waals surface area contributed by atoms with E-state index in [9.17, 15) is 9.18 Å². The van der Waals surface area contributed by atoms with Crippen molar-refractivity contribution in [2.75, 3.05) is 5.32 Å². The van der Waals surface area contributed by atoms with E-state index < -0.39 is 11.7 Å². The fourth-order valence-corrected chi connectivity index (χ4v) is 1.67. The summed E-state index contributed by atoms with van der Waals surface area (Å²) in [4.78, 5) is 11.8. The van der Waals surface area contributed by atoms with E-state index in [0.29, 0.717) is 14.9 Å². The Morgan fingerprint density at radius 2 is 1.94 bits per heavy atom. The van der Waals surface area contributed by atoms with Crippen molar-refractivity contribution in [3.63, 3.8) is 0 Å². The number of halogens is 3. The molecule has 0 atom stereocenters. The number of hydrogen-bond acceptors (Lipinski definition) is 3. The number of amides is 1. The van der Waals surface area contributed by atoms with Gasteiger partial charge in [0.15, 0.2) is 5.82 Å². The first kappa shape index (κ1) is 13.1. The van der Waals surface area contributed by atoms with Crippen LogP contribution >= 0.6 is 31.9 Å². The normalized spacial score (nSPS) is 10.2. The molecule has 1 heterocycles. The van der Waals surface area contributed by atoms with Gasteiger partial charge in [-0.15, -0.1) is 10.2 Å². The zero-order valence-corrected chi connectivity index (χ0v) is 12.0. The average Bonchev–Trinajstić information content (AvgIpc) is 2.35. The summed E-state index contributed by atoms with van der Waals surface area (Å²) in [6.07, 6.45) is 0. The number of carbonyl (C=O) groups excluding carboxylic acids is 1. The Morgan fingerprint density at radius 3 is 2.56 bits per heavy atom. The quantitative estimate of drug-likeness (QED) is 0.876. The van der Waals surface area contributed by atoms with Gasteiger partial charge in [0, 0.05) is 5.56 Å². The van der Waals surface area contributed by atoms with Crippen LogP contribution < -0.4 is 5.32 Å². The highest BCUT2D eigenvalue weighted by molar-refractivity contribution is 9.10. The summed E-state index contributed by atoms with van der Waals surface area (Å²) in [6, 6.07) is 7.35. The van der Waals surface area contributed by atoms with Crippen LogP contribution in [0.5, 0.6) is 0 Å². The van der Waals surface area contributed by atoms with Crippen molar-refractivity contribution in [2.45, 2.75) is 0 Å². The molecule has 7 heteroatoms. The molecule has 0 aliphatic rings. The number of aromatic nitrogens is 2. The van der Waals surface area contributed by atoms with Crippen molar-refractivity contribution < 1.29 is 9.18 Å². The first-order valence-electron chi connectivity index (χ1n) is 4.82. The van der Waals surface area contributed by atoms with Crippen LogP contribution in [-0.2, 0) is 0 Å². The second kappa shape index (κ2) is 5.53. The first-order chi connectivity index (χ1) is 8.56. The maximum absolute atomic E-state index is 13.3. The van der Waals surface area contributed by atoms with Crippen molar-refractivity contribution >= 4 is 43.6 Å². The molecule has 2 aromatic rings. The van der Waals surface area contributed by atoms with Gasteiger partial charge in [-0.05, 0) is 62.2 Å². The Hall–Kier alpha value is -1.34. The van der Waals surface area contributed by atoms with E-state index in [1.54, 1.807) is 12.1 Å². The summed E-state index contributed by atoms with van der Waals surface area (Å²) in [6.45, 7) is 0. The molecule has 0 radical (unpaired) electrons. The molecule has 18 heavy (non-hydrogen) atoms. The molecule has 0 aliphatic heterocycles. The van der Waals surface area contributed by atoms with Crippen LogP contribution in [0.2, 0.25) is 0 Å². The maximum Gasteiger partial charge on any atom is 0.256 e. The van der Waals surface area contributed by atoms with E-state index in [1.165, 1.54) is 12.1 Å². The lowest BCUT2D eigenvalue weighted by Crippen LogP contribution is -2.13. The number of nitrogens with one attached hydrogen (secondary N) is 1. The van der Waals surface area contributed by atoms with E-state index in [0.717, 1.165) is 6.07 Å². The smallest absolute Gasteiger partial charge is 0.256 e. The van der Waals surface area contributed by atoms with Crippen molar-refractivity contribution in [1.82, 2.24) is 10.2 Å². The third-order valence-electron chi connectivity index (χ3n) is 2.06. The predicted octanol–water partition coefficient (Wildman–Crippen LogP) is 3.39. The molecule has 0 saturated heterocycles. The number of nitrogens with zero attached hydrogens (tertiary/aromatic N) is 2. The summed E-state index contributed by atoms with van der Waals surface area (Å²) in [5, 5.41) is 10.00. The highest BCUT2D eigenvalue weighted by Gasteiger charge is 2.09. The molecular formula is C11H6Br2FN3O. The van der Waals surface area contributed by atoms with Gasteiger partial charge in [0.05, 0.1) is 4.47 Å². The molecule has 2 rings (SSSR count). The fourth-order valence-electron chi connectivity index (χ4n) is 1.21. The molecule has 0 spiro atoms. The van der Waals surface area contributed by atoms with E-state index in [-0.39, 0.29) is 5.56 Å². The van der Waals surface area contributed by atoms with Crippen LogP contribution in [0.3, 0.4) is 0 Å². The minimum atomic E-state index is -0.496. The number of rotatable bonds is 2. The van der Waals surface area contributed by atoms with Gasteiger partial charge in [-0.1, -0.05) is 0 Å². The van der Waals surface area contributed by atoms with Gasteiger partial charge in [0.25, 0.3) is 5.91 Å². The molecule has 4 nitrogen and oxygen atoms in total. The van der Waals surface area contributed by atoms with E-state index in [4.69, 9.17) is 0 Å². The van der Waals surface area contributed by atoms with Gasteiger partial charge in [0.1, 0.15) is 10.4 Å². The van der Waals surface area contributed by atoms with E-state index in [1.807, 2.05) is 0 Å². The lowest BCUT2D eigenvalue weighted by atomic mass is 10.2. The molecule has 1 amide bonds. The highest BCUT2D eigenvalue weighted by Crippen LogP contribution is 2.17. The third kappa shape index (κ3) is 3.11. The SMILES string of the molecule is O=C(Nc1ccc(Br)nn1)c1ccc(Br)c(F)c1. The van der Waals surface area contributed by atoms with Crippen LogP contribution in [0.15, 0.2) is 39.4 Å². The molecule has 0 unspecified atom stereocenters. The molecule has 1 aromatic heterocycles. The number of carbonyl (C=O) groups is 1. The van der Waals surface area contributed by atoms with Crippen molar-refractivity contribution in [2.24, 2.45) is 0 Å². The largest absolute Gasteiger partial charge is 0.305 e. The van der Waals surface area contributed by atoms with Gasteiger partial charge in [0.2, 0.25) is 0 Å². The second-order valence-corrected chi connectivity index (χ2v) is 4.99. The van der Waals surface area contributed by atoms with Gasteiger partial charge < -0.3 is 5.32 Å². The van der Waals surface area contributed by atoms with E-state index >= 15 is 0 Å². The molecule has 92 valence electrons. The Morgan fingerprint density at radius 1 is 1.17 bits per heavy atom. The standard InChI is InChI=1S/C11H6Br2FN3O/c12-7-2-1-6(5-8(7)14)11(18)15-10-4-3-9(13)16-17-10/h1-5H,(H,15,17,18). The van der Waals surface area contributed by atoms with Crippen LogP contribution in [0.4, 0.5) is 10.2 Å². The van der Waals surface area contributed by atoms with Gasteiger partial charge >= 0.3 is 0 Å². The summed E-state index contributed by atoms with van der Waals surface area (Å²) >= 11 is 6.15. The maximum atomic E-state index is 13.3. The van der Waals surface area contributed by atoms with Gasteiger partial charge in [-0.25, -0.2) is 4.39 Å². The van der Waals surface area contributed by atoms with Crippen molar-refractivity contribution in [3.8, 4) is 0 Å². The van der Waals surface area contributed by atoms with Crippen LogP contribution in [0, 0.1) is 5.82 Å². The minimum Gasteiger partial charge on any atom is -0.305 e. The summed E-state index contributed by atoms with van der Waals surface area (Å²) in [7, 11) is 0. The van der Waals surface area contributed by atoms with Crippen molar-refractivity contribution in [1.29, 1.82) is 0 Å². The van der Waals surface area contributed by atoms with Crippen LogP contribution in [0.25, 0.3) is 0 Å². The molecule has 1 N–H and O–H groups in total. The lowest BCUT2D eigenvalue weighted by molar-refractivity contribution is 0.102. The van der Waals surface area contributed by atoms with Crippen LogP contribution in [-0.4, -0.2) is 16.1 Å². The van der Waals surface area contributed by atoms with Crippen LogP contribution in [0.1, 0.15) is 10.4 Å². The molecule has 0 aliphatic carbocycles. The Bertz CT molecular complexity index is 589. The summed E-state index contributed by atoms with van der Waals surface area (Å²) in [5.74, 6) is -0.644. The topological polar surface area (TPSA) is 54.9 Å². The fraction of sp³-hybridized carbons (Fsp3) is 0.